The van der Waals surface area contributed by atoms with E-state index in [0.29, 0.717) is 30.6 Å². The molecule has 8 nitrogen and oxygen atoms in total. The Balaban J connectivity index is 1.42. The smallest absolute Gasteiger partial charge is 0.322 e. The van der Waals surface area contributed by atoms with Gasteiger partial charge in [-0.25, -0.2) is 4.98 Å². The fraction of sp³-hybridized carbons (Fsp3) is 0.519. The van der Waals surface area contributed by atoms with Crippen LogP contribution in [-0.4, -0.2) is 44.8 Å². The van der Waals surface area contributed by atoms with Crippen LogP contribution in [0.1, 0.15) is 61.9 Å². The van der Waals surface area contributed by atoms with Crippen LogP contribution in [0.2, 0.25) is 0 Å². The molecule has 1 unspecified atom stereocenters. The van der Waals surface area contributed by atoms with E-state index in [2.05, 4.69) is 33.9 Å². The van der Waals surface area contributed by atoms with Crippen molar-refractivity contribution in [1.29, 1.82) is 0 Å². The first kappa shape index (κ1) is 25.0. The first-order valence-corrected chi connectivity index (χ1v) is 12.6. The first-order valence-electron chi connectivity index (χ1n) is 12.6. The molecule has 1 aliphatic rings. The molecular formula is C27H37N5O3. The Morgan fingerprint density at radius 2 is 1.97 bits per heavy atom. The summed E-state index contributed by atoms with van der Waals surface area (Å²) in [5, 5.41) is 14.1. The highest BCUT2D eigenvalue weighted by atomic mass is 16.5. The van der Waals surface area contributed by atoms with Crippen LogP contribution >= 0.6 is 0 Å². The molecule has 1 fully saturated rings. The van der Waals surface area contributed by atoms with Gasteiger partial charge in [0.05, 0.1) is 24.7 Å². The zero-order chi connectivity index (χ0) is 24.9. The number of pyridine rings is 1. The molecule has 1 atom stereocenters. The Hall–Kier alpha value is -3.13. The molecule has 3 aromatic rings. The van der Waals surface area contributed by atoms with Gasteiger partial charge < -0.3 is 25.5 Å². The highest BCUT2D eigenvalue weighted by molar-refractivity contribution is 5.82. The van der Waals surface area contributed by atoms with Gasteiger partial charge >= 0.3 is 5.97 Å². The van der Waals surface area contributed by atoms with E-state index in [1.165, 1.54) is 7.11 Å². The number of aryl methyl sites for hydroxylation is 2. The molecule has 0 amide bonds. The van der Waals surface area contributed by atoms with Gasteiger partial charge in [0.15, 0.2) is 0 Å². The number of benzene rings is 1. The van der Waals surface area contributed by atoms with Crippen molar-refractivity contribution in [2.24, 2.45) is 11.7 Å². The van der Waals surface area contributed by atoms with E-state index in [-0.39, 0.29) is 11.7 Å². The zero-order valence-electron chi connectivity index (χ0n) is 21.0. The number of fused-ring (bicyclic) bond motifs is 1. The number of esters is 1. The quantitative estimate of drug-likeness (QED) is 0.389. The molecule has 8 heteroatoms. The van der Waals surface area contributed by atoms with Crippen LogP contribution in [0.3, 0.4) is 0 Å². The van der Waals surface area contributed by atoms with Crippen LogP contribution in [0.4, 0.5) is 5.95 Å². The molecule has 2 aromatic heterocycles. The van der Waals surface area contributed by atoms with Gasteiger partial charge in [-0.1, -0.05) is 25.0 Å². The molecule has 0 saturated heterocycles. The number of hydrogen-bond acceptors (Lipinski definition) is 7. The number of aromatic hydroxyl groups is 1. The first-order chi connectivity index (χ1) is 16.9. The van der Waals surface area contributed by atoms with Gasteiger partial charge in [-0.3, -0.25) is 9.78 Å². The topological polar surface area (TPSA) is 115 Å². The Labute approximate surface area is 206 Å². The largest absolute Gasteiger partial charge is 0.506 e. The van der Waals surface area contributed by atoms with Crippen LogP contribution in [0, 0.1) is 19.8 Å². The maximum absolute atomic E-state index is 11.5. The van der Waals surface area contributed by atoms with Crippen LogP contribution in [0.15, 0.2) is 30.3 Å². The number of carbonyl (C=O) groups excluding carboxylic acids is 1. The molecule has 0 aliphatic heterocycles. The fourth-order valence-corrected chi connectivity index (χ4v) is 5.10. The summed E-state index contributed by atoms with van der Waals surface area (Å²) in [6.07, 6.45) is 7.14. The molecule has 0 radical (unpaired) electrons. The number of anilines is 1. The van der Waals surface area contributed by atoms with Gasteiger partial charge in [-0.05, 0) is 75.6 Å². The van der Waals surface area contributed by atoms with Crippen molar-refractivity contribution in [3.63, 3.8) is 0 Å². The Morgan fingerprint density at radius 1 is 1.20 bits per heavy atom. The van der Waals surface area contributed by atoms with Crippen molar-refractivity contribution in [3.8, 4) is 5.75 Å². The minimum atomic E-state index is -0.517. The zero-order valence-corrected chi connectivity index (χ0v) is 21.0. The number of nitrogens with two attached hydrogens (primary N) is 1. The number of nitrogens with zero attached hydrogens (tertiary/aromatic N) is 3. The lowest BCUT2D eigenvalue weighted by atomic mass is 9.83. The molecule has 1 saturated carbocycles. The number of rotatable bonds is 9. The molecule has 188 valence electrons. The maximum atomic E-state index is 11.5. The number of aromatic nitrogens is 3. The Morgan fingerprint density at radius 3 is 2.71 bits per heavy atom. The molecular weight excluding hydrogens is 442 g/mol. The Bertz CT molecular complexity index is 1170. The Kier molecular flexibility index (Phi) is 7.90. The van der Waals surface area contributed by atoms with E-state index < -0.39 is 6.04 Å². The standard InChI is InChI=1S/C27H37N5O3/c1-17-6-4-9-23-25(17)31-27(32(23)16-22-24(33)15-10-18(2)29-22)30-20-13-11-19(12-14-20)7-5-8-21(28)26(34)35-3/h4,6,9-10,15,19-21,33H,5,7-8,11-14,16,28H2,1-3H3,(H,30,31). The lowest BCUT2D eigenvalue weighted by Crippen LogP contribution is -2.31. The van der Waals surface area contributed by atoms with E-state index in [1.807, 2.05) is 19.1 Å². The predicted octanol–water partition coefficient (Wildman–Crippen LogP) is 4.44. The van der Waals surface area contributed by atoms with E-state index >= 15 is 0 Å². The van der Waals surface area contributed by atoms with Gasteiger partial charge in [-0.2, -0.15) is 0 Å². The molecule has 1 aromatic carbocycles. The summed E-state index contributed by atoms with van der Waals surface area (Å²) in [4.78, 5) is 21.0. The van der Waals surface area contributed by atoms with Crippen molar-refractivity contribution in [1.82, 2.24) is 14.5 Å². The normalized spacial score (nSPS) is 19.0. The molecule has 2 heterocycles. The molecule has 1 aliphatic carbocycles. The van der Waals surface area contributed by atoms with Gasteiger partial charge in [0.1, 0.15) is 17.5 Å². The lowest BCUT2D eigenvalue weighted by Gasteiger charge is -2.29. The van der Waals surface area contributed by atoms with E-state index in [1.54, 1.807) is 6.07 Å². The third kappa shape index (κ3) is 5.93. The number of nitrogens with one attached hydrogen (secondary N) is 1. The highest BCUT2D eigenvalue weighted by Gasteiger charge is 2.24. The van der Waals surface area contributed by atoms with Crippen molar-refractivity contribution in [2.45, 2.75) is 77.4 Å². The fourth-order valence-electron chi connectivity index (χ4n) is 5.10. The van der Waals surface area contributed by atoms with Gasteiger partial charge in [0.2, 0.25) is 5.95 Å². The van der Waals surface area contributed by atoms with Crippen molar-refractivity contribution >= 4 is 23.0 Å². The van der Waals surface area contributed by atoms with E-state index in [9.17, 15) is 9.90 Å². The number of methoxy groups -OCH3 is 1. The number of para-hydroxylation sites is 1. The summed E-state index contributed by atoms with van der Waals surface area (Å²) < 4.78 is 6.84. The summed E-state index contributed by atoms with van der Waals surface area (Å²) in [5.41, 5.74) is 10.5. The molecule has 4 rings (SSSR count). The van der Waals surface area contributed by atoms with Gasteiger partial charge in [0, 0.05) is 11.7 Å². The second kappa shape index (κ2) is 11.1. The lowest BCUT2D eigenvalue weighted by molar-refractivity contribution is -0.142. The third-order valence-electron chi connectivity index (χ3n) is 7.19. The summed E-state index contributed by atoms with van der Waals surface area (Å²) in [7, 11) is 1.38. The predicted molar refractivity (Wildman–Crippen MR) is 137 cm³/mol. The minimum absolute atomic E-state index is 0.198. The van der Waals surface area contributed by atoms with Crippen LogP contribution in [0.5, 0.6) is 5.75 Å². The summed E-state index contributed by atoms with van der Waals surface area (Å²) >= 11 is 0. The average molecular weight is 480 g/mol. The second-order valence-electron chi connectivity index (χ2n) is 9.81. The van der Waals surface area contributed by atoms with Crippen LogP contribution in [-0.2, 0) is 16.1 Å². The van der Waals surface area contributed by atoms with E-state index in [0.717, 1.165) is 66.8 Å². The number of carbonyl (C=O) groups is 1. The third-order valence-corrected chi connectivity index (χ3v) is 7.19. The van der Waals surface area contributed by atoms with Gasteiger partial charge in [0.25, 0.3) is 0 Å². The van der Waals surface area contributed by atoms with Crippen molar-refractivity contribution in [2.75, 3.05) is 12.4 Å². The molecule has 35 heavy (non-hydrogen) atoms. The highest BCUT2D eigenvalue weighted by Crippen LogP contribution is 2.32. The van der Waals surface area contributed by atoms with E-state index in [4.69, 9.17) is 15.5 Å². The second-order valence-corrected chi connectivity index (χ2v) is 9.81. The monoisotopic (exact) mass is 479 g/mol. The molecule has 0 bridgehead atoms. The van der Waals surface area contributed by atoms with Crippen molar-refractivity contribution in [3.05, 3.63) is 47.3 Å². The van der Waals surface area contributed by atoms with Gasteiger partial charge in [-0.15, -0.1) is 0 Å². The summed E-state index contributed by atoms with van der Waals surface area (Å²) in [5.74, 6) is 1.35. The number of imidazole rings is 1. The molecule has 4 N–H and O–H groups in total. The average Bonchev–Trinajstić information content (AvgIpc) is 3.20. The summed E-state index contributed by atoms with van der Waals surface area (Å²) in [6.45, 7) is 4.45. The SMILES string of the molecule is COC(=O)C(N)CCCC1CCC(Nc2nc3c(C)cccc3n2Cc2nc(C)ccc2O)CC1. The maximum Gasteiger partial charge on any atom is 0.322 e. The van der Waals surface area contributed by atoms with Crippen molar-refractivity contribution < 1.29 is 14.6 Å². The number of ether oxygens (including phenoxy) is 1. The van der Waals surface area contributed by atoms with Crippen LogP contribution < -0.4 is 11.1 Å². The minimum Gasteiger partial charge on any atom is -0.506 e. The molecule has 0 spiro atoms. The van der Waals surface area contributed by atoms with Crippen LogP contribution in [0.25, 0.3) is 11.0 Å². The summed E-state index contributed by atoms with van der Waals surface area (Å²) in [6, 6.07) is 9.53. The number of hydrogen-bond donors (Lipinski definition) is 3.